The van der Waals surface area contributed by atoms with E-state index in [4.69, 9.17) is 5.73 Å². The zero-order valence-corrected chi connectivity index (χ0v) is 8.72. The van der Waals surface area contributed by atoms with Gasteiger partial charge in [0, 0.05) is 11.6 Å². The zero-order valence-electron chi connectivity index (χ0n) is 8.72. The van der Waals surface area contributed by atoms with Crippen LogP contribution in [-0.2, 0) is 0 Å². The standard InChI is InChI=1S/C13H14N2/c1-10(14)12-8-5-9-13(15-12)11-6-3-2-4-7-11/h2-10H,14H2,1H3. The van der Waals surface area contributed by atoms with E-state index >= 15 is 0 Å². The molecule has 2 aromatic rings. The molecule has 1 aromatic carbocycles. The van der Waals surface area contributed by atoms with Gasteiger partial charge in [-0.1, -0.05) is 36.4 Å². The number of pyridine rings is 1. The van der Waals surface area contributed by atoms with Gasteiger partial charge in [0.25, 0.3) is 0 Å². The summed E-state index contributed by atoms with van der Waals surface area (Å²) in [6.45, 7) is 1.94. The first-order valence-corrected chi connectivity index (χ1v) is 5.05. The minimum atomic E-state index is -0.0198. The van der Waals surface area contributed by atoms with Crippen LogP contribution >= 0.6 is 0 Å². The average Bonchev–Trinajstić information content (AvgIpc) is 2.30. The quantitative estimate of drug-likeness (QED) is 0.805. The summed E-state index contributed by atoms with van der Waals surface area (Å²) >= 11 is 0. The smallest absolute Gasteiger partial charge is 0.0706 e. The van der Waals surface area contributed by atoms with E-state index in [0.717, 1.165) is 17.0 Å². The maximum atomic E-state index is 5.80. The van der Waals surface area contributed by atoms with Crippen molar-refractivity contribution in [3.05, 3.63) is 54.2 Å². The lowest BCUT2D eigenvalue weighted by atomic mass is 10.1. The summed E-state index contributed by atoms with van der Waals surface area (Å²) in [5, 5.41) is 0. The SMILES string of the molecule is CC(N)c1cccc(-c2ccccc2)n1. The van der Waals surface area contributed by atoms with Crippen LogP contribution in [0.2, 0.25) is 0 Å². The fraction of sp³-hybridized carbons (Fsp3) is 0.154. The van der Waals surface area contributed by atoms with Crippen molar-refractivity contribution >= 4 is 0 Å². The van der Waals surface area contributed by atoms with Crippen molar-refractivity contribution in [3.63, 3.8) is 0 Å². The molecule has 0 aliphatic heterocycles. The Labute approximate surface area is 89.8 Å². The number of rotatable bonds is 2. The Balaban J connectivity index is 2.42. The second kappa shape index (κ2) is 4.24. The number of benzene rings is 1. The van der Waals surface area contributed by atoms with Crippen LogP contribution in [0.4, 0.5) is 0 Å². The topological polar surface area (TPSA) is 38.9 Å². The molecule has 2 rings (SSSR count). The lowest BCUT2D eigenvalue weighted by Crippen LogP contribution is -2.07. The van der Waals surface area contributed by atoms with Crippen molar-refractivity contribution in [2.75, 3.05) is 0 Å². The molecule has 2 N–H and O–H groups in total. The van der Waals surface area contributed by atoms with Gasteiger partial charge in [0.1, 0.15) is 0 Å². The van der Waals surface area contributed by atoms with Crippen LogP contribution in [0.15, 0.2) is 48.5 Å². The molecule has 0 radical (unpaired) electrons. The number of hydrogen-bond donors (Lipinski definition) is 1. The summed E-state index contributed by atoms with van der Waals surface area (Å²) in [5.74, 6) is 0. The summed E-state index contributed by atoms with van der Waals surface area (Å²) in [6.07, 6.45) is 0. The van der Waals surface area contributed by atoms with Crippen LogP contribution in [0.25, 0.3) is 11.3 Å². The minimum absolute atomic E-state index is 0.0198. The highest BCUT2D eigenvalue weighted by Crippen LogP contribution is 2.18. The van der Waals surface area contributed by atoms with Crippen LogP contribution < -0.4 is 5.73 Å². The van der Waals surface area contributed by atoms with Crippen LogP contribution in [0, 0.1) is 0 Å². The summed E-state index contributed by atoms with van der Waals surface area (Å²) < 4.78 is 0. The van der Waals surface area contributed by atoms with Gasteiger partial charge in [-0.15, -0.1) is 0 Å². The first-order valence-electron chi connectivity index (χ1n) is 5.05. The van der Waals surface area contributed by atoms with E-state index in [-0.39, 0.29) is 6.04 Å². The molecule has 15 heavy (non-hydrogen) atoms. The Hall–Kier alpha value is -1.67. The van der Waals surface area contributed by atoms with E-state index in [0.29, 0.717) is 0 Å². The lowest BCUT2D eigenvalue weighted by Gasteiger charge is -2.06. The molecular formula is C13H14N2. The van der Waals surface area contributed by atoms with Crippen molar-refractivity contribution < 1.29 is 0 Å². The fourth-order valence-corrected chi connectivity index (χ4v) is 1.47. The third kappa shape index (κ3) is 2.22. The highest BCUT2D eigenvalue weighted by Gasteiger charge is 2.03. The third-order valence-corrected chi connectivity index (χ3v) is 2.31. The maximum absolute atomic E-state index is 5.80. The molecule has 1 unspecified atom stereocenters. The van der Waals surface area contributed by atoms with Crippen molar-refractivity contribution in [1.82, 2.24) is 4.98 Å². The van der Waals surface area contributed by atoms with Gasteiger partial charge >= 0.3 is 0 Å². The van der Waals surface area contributed by atoms with Crippen molar-refractivity contribution in [2.24, 2.45) is 5.73 Å². The van der Waals surface area contributed by atoms with Gasteiger partial charge < -0.3 is 5.73 Å². The first kappa shape index (κ1) is 9.87. The third-order valence-electron chi connectivity index (χ3n) is 2.31. The summed E-state index contributed by atoms with van der Waals surface area (Å²) in [7, 11) is 0. The van der Waals surface area contributed by atoms with Crippen molar-refractivity contribution in [3.8, 4) is 11.3 Å². The number of aromatic nitrogens is 1. The van der Waals surface area contributed by atoms with Crippen molar-refractivity contribution in [1.29, 1.82) is 0 Å². The van der Waals surface area contributed by atoms with Crippen molar-refractivity contribution in [2.45, 2.75) is 13.0 Å². The van der Waals surface area contributed by atoms with Gasteiger partial charge in [-0.3, -0.25) is 4.98 Å². The molecule has 1 atom stereocenters. The van der Waals surface area contributed by atoms with E-state index in [9.17, 15) is 0 Å². The second-order valence-corrected chi connectivity index (χ2v) is 3.60. The van der Waals surface area contributed by atoms with E-state index < -0.39 is 0 Å². The molecule has 0 bridgehead atoms. The monoisotopic (exact) mass is 198 g/mol. The average molecular weight is 198 g/mol. The molecule has 0 aliphatic rings. The normalized spacial score (nSPS) is 12.4. The molecule has 0 spiro atoms. The Bertz CT molecular complexity index is 435. The van der Waals surface area contributed by atoms with Gasteiger partial charge in [0.05, 0.1) is 11.4 Å². The summed E-state index contributed by atoms with van der Waals surface area (Å²) in [5.41, 5.74) is 8.83. The van der Waals surface area contributed by atoms with Gasteiger partial charge in [-0.25, -0.2) is 0 Å². The second-order valence-electron chi connectivity index (χ2n) is 3.60. The highest BCUT2D eigenvalue weighted by molar-refractivity contribution is 5.58. The first-order chi connectivity index (χ1) is 7.27. The predicted molar refractivity (Wildman–Crippen MR) is 62.3 cm³/mol. The summed E-state index contributed by atoms with van der Waals surface area (Å²) in [4.78, 5) is 4.52. The molecule has 0 saturated carbocycles. The summed E-state index contributed by atoms with van der Waals surface area (Å²) in [6, 6.07) is 16.0. The van der Waals surface area contributed by atoms with Gasteiger partial charge in [-0.05, 0) is 19.1 Å². The molecule has 0 saturated heterocycles. The molecule has 0 fully saturated rings. The molecule has 2 nitrogen and oxygen atoms in total. The molecule has 0 amide bonds. The molecule has 2 heteroatoms. The van der Waals surface area contributed by atoms with Crippen LogP contribution in [0.1, 0.15) is 18.7 Å². The predicted octanol–water partition coefficient (Wildman–Crippen LogP) is 2.77. The van der Waals surface area contributed by atoms with Crippen LogP contribution in [0.5, 0.6) is 0 Å². The van der Waals surface area contributed by atoms with Gasteiger partial charge in [0.2, 0.25) is 0 Å². The van der Waals surface area contributed by atoms with E-state index in [2.05, 4.69) is 4.98 Å². The Morgan fingerprint density at radius 3 is 2.40 bits per heavy atom. The van der Waals surface area contributed by atoms with Crippen LogP contribution in [-0.4, -0.2) is 4.98 Å². The maximum Gasteiger partial charge on any atom is 0.0706 e. The molecule has 1 aromatic heterocycles. The van der Waals surface area contributed by atoms with E-state index in [1.54, 1.807) is 0 Å². The minimum Gasteiger partial charge on any atom is -0.323 e. The van der Waals surface area contributed by atoms with Crippen LogP contribution in [0.3, 0.4) is 0 Å². The molecule has 76 valence electrons. The highest BCUT2D eigenvalue weighted by atomic mass is 14.8. The number of hydrogen-bond acceptors (Lipinski definition) is 2. The molecular weight excluding hydrogens is 184 g/mol. The number of nitrogens with zero attached hydrogens (tertiary/aromatic N) is 1. The fourth-order valence-electron chi connectivity index (χ4n) is 1.47. The largest absolute Gasteiger partial charge is 0.323 e. The molecule has 0 aliphatic carbocycles. The zero-order chi connectivity index (χ0) is 10.7. The Morgan fingerprint density at radius 1 is 1.00 bits per heavy atom. The van der Waals surface area contributed by atoms with E-state index in [1.165, 1.54) is 0 Å². The van der Waals surface area contributed by atoms with Gasteiger partial charge in [-0.2, -0.15) is 0 Å². The Morgan fingerprint density at radius 2 is 1.73 bits per heavy atom. The Kier molecular flexibility index (Phi) is 2.79. The van der Waals surface area contributed by atoms with Gasteiger partial charge in [0.15, 0.2) is 0 Å². The van der Waals surface area contributed by atoms with E-state index in [1.807, 2.05) is 55.5 Å². The lowest BCUT2D eigenvalue weighted by molar-refractivity contribution is 0.782. The molecule has 1 heterocycles. The number of nitrogens with two attached hydrogens (primary N) is 1.